The maximum Gasteiger partial charge on any atom is 0.255 e. The molecule has 0 unspecified atom stereocenters. The van der Waals surface area contributed by atoms with E-state index in [9.17, 15) is 9.59 Å². The zero-order valence-electron chi connectivity index (χ0n) is 15.7. The van der Waals surface area contributed by atoms with Crippen molar-refractivity contribution in [2.24, 2.45) is 0 Å². The molecule has 3 aromatic carbocycles. The molecule has 0 heterocycles. The van der Waals surface area contributed by atoms with E-state index >= 15 is 0 Å². The van der Waals surface area contributed by atoms with Gasteiger partial charge < -0.3 is 10.6 Å². The Kier molecular flexibility index (Phi) is 5.36. The van der Waals surface area contributed by atoms with Gasteiger partial charge in [-0.3, -0.25) is 9.59 Å². The number of benzene rings is 3. The molecule has 4 nitrogen and oxygen atoms in total. The number of carbonyl (C=O) groups is 2. The van der Waals surface area contributed by atoms with Crippen LogP contribution in [-0.2, 0) is 0 Å². The van der Waals surface area contributed by atoms with Gasteiger partial charge in [0.1, 0.15) is 0 Å². The number of hydrogen-bond donors (Lipinski definition) is 2. The summed E-state index contributed by atoms with van der Waals surface area (Å²) in [6, 6.07) is 20.0. The van der Waals surface area contributed by atoms with E-state index in [0.717, 1.165) is 28.1 Å². The molecule has 136 valence electrons. The van der Waals surface area contributed by atoms with Crippen LogP contribution < -0.4 is 10.6 Å². The van der Waals surface area contributed by atoms with Crippen molar-refractivity contribution in [2.45, 2.75) is 20.8 Å². The van der Waals surface area contributed by atoms with Crippen molar-refractivity contribution in [2.75, 3.05) is 10.6 Å². The topological polar surface area (TPSA) is 58.2 Å². The van der Waals surface area contributed by atoms with Crippen molar-refractivity contribution in [1.29, 1.82) is 0 Å². The summed E-state index contributed by atoms with van der Waals surface area (Å²) in [6.45, 7) is 5.98. The van der Waals surface area contributed by atoms with Crippen molar-refractivity contribution in [3.8, 4) is 0 Å². The van der Waals surface area contributed by atoms with Crippen molar-refractivity contribution < 1.29 is 9.59 Å². The molecule has 27 heavy (non-hydrogen) atoms. The highest BCUT2D eigenvalue weighted by atomic mass is 16.2. The Morgan fingerprint density at radius 2 is 1.22 bits per heavy atom. The lowest BCUT2D eigenvalue weighted by atomic mass is 10.1. The summed E-state index contributed by atoms with van der Waals surface area (Å²) in [6.07, 6.45) is 0. The first-order chi connectivity index (χ1) is 12.9. The van der Waals surface area contributed by atoms with E-state index in [-0.39, 0.29) is 11.8 Å². The van der Waals surface area contributed by atoms with Crippen LogP contribution in [-0.4, -0.2) is 11.8 Å². The van der Waals surface area contributed by atoms with E-state index in [0.29, 0.717) is 11.1 Å². The van der Waals surface area contributed by atoms with Gasteiger partial charge in [-0.25, -0.2) is 0 Å². The number of rotatable bonds is 4. The first-order valence-corrected chi connectivity index (χ1v) is 8.79. The second-order valence-electron chi connectivity index (χ2n) is 6.60. The molecular formula is C23H22N2O2. The van der Waals surface area contributed by atoms with Crippen LogP contribution in [0.15, 0.2) is 66.7 Å². The van der Waals surface area contributed by atoms with Gasteiger partial charge >= 0.3 is 0 Å². The molecule has 2 N–H and O–H groups in total. The number of carbonyl (C=O) groups excluding carboxylic acids is 2. The van der Waals surface area contributed by atoms with Crippen molar-refractivity contribution in [3.63, 3.8) is 0 Å². The summed E-state index contributed by atoms with van der Waals surface area (Å²) in [5.74, 6) is -0.408. The smallest absolute Gasteiger partial charge is 0.255 e. The van der Waals surface area contributed by atoms with Gasteiger partial charge in [-0.1, -0.05) is 29.8 Å². The number of hydrogen-bond acceptors (Lipinski definition) is 2. The Morgan fingerprint density at radius 3 is 1.81 bits per heavy atom. The molecule has 3 aromatic rings. The fourth-order valence-corrected chi connectivity index (χ4v) is 2.69. The molecule has 0 atom stereocenters. The molecule has 2 amide bonds. The molecule has 4 heteroatoms. The van der Waals surface area contributed by atoms with Crippen LogP contribution in [0.4, 0.5) is 11.4 Å². The van der Waals surface area contributed by atoms with E-state index in [4.69, 9.17) is 0 Å². The standard InChI is InChI=1S/C23H22N2O2/c1-15-7-13-20(14-8-15)24-22(26)18-9-11-19(12-10-18)23(27)25-21-6-4-5-16(2)17(21)3/h4-14H,1-3H3,(H,24,26)(H,25,27). The van der Waals surface area contributed by atoms with Crippen molar-refractivity contribution >= 4 is 23.2 Å². The quantitative estimate of drug-likeness (QED) is 0.680. The van der Waals surface area contributed by atoms with Gasteiger partial charge in [0.15, 0.2) is 0 Å². The van der Waals surface area contributed by atoms with Crippen LogP contribution in [0.25, 0.3) is 0 Å². The number of amides is 2. The molecule has 0 aliphatic rings. The van der Waals surface area contributed by atoms with Crippen LogP contribution in [0.3, 0.4) is 0 Å². The van der Waals surface area contributed by atoms with Gasteiger partial charge in [-0.2, -0.15) is 0 Å². The molecule has 0 aliphatic heterocycles. The monoisotopic (exact) mass is 358 g/mol. The van der Waals surface area contributed by atoms with Gasteiger partial charge in [0, 0.05) is 22.5 Å². The van der Waals surface area contributed by atoms with Gasteiger partial charge in [0.05, 0.1) is 0 Å². The fourth-order valence-electron chi connectivity index (χ4n) is 2.69. The average Bonchev–Trinajstić information content (AvgIpc) is 2.67. The van der Waals surface area contributed by atoms with E-state index in [2.05, 4.69) is 10.6 Å². The summed E-state index contributed by atoms with van der Waals surface area (Å²) in [5.41, 5.74) is 5.83. The highest BCUT2D eigenvalue weighted by Crippen LogP contribution is 2.19. The van der Waals surface area contributed by atoms with Crippen LogP contribution in [0, 0.1) is 20.8 Å². The van der Waals surface area contributed by atoms with Crippen LogP contribution in [0.5, 0.6) is 0 Å². The maximum absolute atomic E-state index is 12.5. The van der Waals surface area contributed by atoms with E-state index < -0.39 is 0 Å². The van der Waals surface area contributed by atoms with Gasteiger partial charge in [-0.05, 0) is 74.4 Å². The van der Waals surface area contributed by atoms with E-state index in [1.807, 2.05) is 63.2 Å². The minimum atomic E-state index is -0.208. The summed E-state index contributed by atoms with van der Waals surface area (Å²) < 4.78 is 0. The lowest BCUT2D eigenvalue weighted by Crippen LogP contribution is -2.15. The third-order valence-electron chi connectivity index (χ3n) is 4.57. The molecule has 0 aliphatic carbocycles. The van der Waals surface area contributed by atoms with Crippen LogP contribution in [0.2, 0.25) is 0 Å². The second-order valence-corrected chi connectivity index (χ2v) is 6.60. The Balaban J connectivity index is 1.69. The first kappa shape index (κ1) is 18.4. The highest BCUT2D eigenvalue weighted by Gasteiger charge is 2.11. The van der Waals surface area contributed by atoms with E-state index in [1.165, 1.54) is 0 Å². The minimum absolute atomic E-state index is 0.200. The second kappa shape index (κ2) is 7.87. The molecule has 0 radical (unpaired) electrons. The predicted octanol–water partition coefficient (Wildman–Crippen LogP) is 5.12. The Labute approximate surface area is 159 Å². The third-order valence-corrected chi connectivity index (χ3v) is 4.57. The lowest BCUT2D eigenvalue weighted by molar-refractivity contribution is 0.101. The summed E-state index contributed by atoms with van der Waals surface area (Å²) in [7, 11) is 0. The predicted molar refractivity (Wildman–Crippen MR) is 109 cm³/mol. The summed E-state index contributed by atoms with van der Waals surface area (Å²) >= 11 is 0. The highest BCUT2D eigenvalue weighted by molar-refractivity contribution is 6.07. The Bertz CT molecular complexity index is 974. The fraction of sp³-hybridized carbons (Fsp3) is 0.130. The van der Waals surface area contributed by atoms with Crippen LogP contribution in [0.1, 0.15) is 37.4 Å². The largest absolute Gasteiger partial charge is 0.322 e. The van der Waals surface area contributed by atoms with Crippen molar-refractivity contribution in [3.05, 3.63) is 94.5 Å². The Hall–Kier alpha value is -3.40. The SMILES string of the molecule is Cc1ccc(NC(=O)c2ccc(C(=O)Nc3cccc(C)c3C)cc2)cc1. The number of nitrogens with one attached hydrogen (secondary N) is 2. The zero-order valence-corrected chi connectivity index (χ0v) is 15.7. The molecule has 0 aromatic heterocycles. The van der Waals surface area contributed by atoms with Gasteiger partial charge in [0.25, 0.3) is 11.8 Å². The average molecular weight is 358 g/mol. The van der Waals surface area contributed by atoms with Crippen molar-refractivity contribution in [1.82, 2.24) is 0 Å². The normalized spacial score (nSPS) is 10.3. The maximum atomic E-state index is 12.5. The molecule has 0 spiro atoms. The van der Waals surface area contributed by atoms with Gasteiger partial charge in [0.2, 0.25) is 0 Å². The Morgan fingerprint density at radius 1 is 0.667 bits per heavy atom. The molecule has 0 saturated carbocycles. The molecule has 0 saturated heterocycles. The third kappa shape index (κ3) is 4.42. The number of anilines is 2. The molecule has 3 rings (SSSR count). The van der Waals surface area contributed by atoms with E-state index in [1.54, 1.807) is 24.3 Å². The van der Waals surface area contributed by atoms with Gasteiger partial charge in [-0.15, -0.1) is 0 Å². The first-order valence-electron chi connectivity index (χ1n) is 8.79. The molecule has 0 fully saturated rings. The van der Waals surface area contributed by atoms with Crippen LogP contribution >= 0.6 is 0 Å². The lowest BCUT2D eigenvalue weighted by Gasteiger charge is -2.11. The minimum Gasteiger partial charge on any atom is -0.322 e. The number of aryl methyl sites for hydroxylation is 2. The zero-order chi connectivity index (χ0) is 19.4. The summed E-state index contributed by atoms with van der Waals surface area (Å²) in [5, 5.41) is 5.77. The molecule has 0 bridgehead atoms. The molecular weight excluding hydrogens is 336 g/mol. The summed E-state index contributed by atoms with van der Waals surface area (Å²) in [4.78, 5) is 24.8.